The monoisotopic (exact) mass is 265 g/mol. The molecule has 0 aromatic carbocycles. The molecule has 100 valence electrons. The first-order valence-corrected chi connectivity index (χ1v) is 7.28. The minimum Gasteiger partial charge on any atom is -0.357 e. The number of rotatable bonds is 7. The third-order valence-electron chi connectivity index (χ3n) is 2.56. The Balaban J connectivity index is 2.51. The lowest BCUT2D eigenvalue weighted by atomic mass is 10.3. The zero-order valence-electron chi connectivity index (χ0n) is 11.4. The quantitative estimate of drug-likeness (QED) is 0.355. The van der Waals surface area contributed by atoms with Crippen LogP contribution in [0.2, 0.25) is 0 Å². The van der Waals surface area contributed by atoms with Gasteiger partial charge in [-0.05, 0) is 31.2 Å². The van der Waals surface area contributed by atoms with E-state index in [1.165, 1.54) is 4.88 Å². The molecule has 0 saturated carbocycles. The summed E-state index contributed by atoms with van der Waals surface area (Å²) >= 11 is 1.75. The summed E-state index contributed by atoms with van der Waals surface area (Å²) in [4.78, 5) is 8.13. The Bertz CT molecular complexity index is 357. The van der Waals surface area contributed by atoms with Crippen LogP contribution in [0, 0.1) is 0 Å². The number of thiophene rings is 1. The Labute approximate surface area is 114 Å². The minimum absolute atomic E-state index is 0.756. The molecule has 0 spiro atoms. The third kappa shape index (κ3) is 5.36. The van der Waals surface area contributed by atoms with Crippen molar-refractivity contribution in [2.75, 3.05) is 20.1 Å². The van der Waals surface area contributed by atoms with Gasteiger partial charge in [0.25, 0.3) is 0 Å². The van der Waals surface area contributed by atoms with Crippen LogP contribution in [0.3, 0.4) is 0 Å². The number of nitrogens with zero attached hydrogens (tertiary/aromatic N) is 2. The molecule has 0 aliphatic rings. The first-order chi connectivity index (χ1) is 8.77. The highest BCUT2D eigenvalue weighted by molar-refractivity contribution is 7.09. The molecule has 0 radical (unpaired) electrons. The van der Waals surface area contributed by atoms with Crippen LogP contribution in [-0.4, -0.2) is 31.0 Å². The molecule has 0 aliphatic carbocycles. The van der Waals surface area contributed by atoms with Crippen LogP contribution in [0.25, 0.3) is 0 Å². The van der Waals surface area contributed by atoms with E-state index in [0.717, 1.165) is 38.4 Å². The van der Waals surface area contributed by atoms with Gasteiger partial charge in [0.1, 0.15) is 0 Å². The summed E-state index contributed by atoms with van der Waals surface area (Å²) in [5.41, 5.74) is 0. The normalized spacial score (nSPS) is 11.3. The molecule has 1 aromatic heterocycles. The van der Waals surface area contributed by atoms with E-state index in [2.05, 4.69) is 53.3 Å². The van der Waals surface area contributed by atoms with Crippen molar-refractivity contribution in [3.05, 3.63) is 35.0 Å². The molecule has 1 rings (SSSR count). The fourth-order valence-corrected chi connectivity index (χ4v) is 2.23. The van der Waals surface area contributed by atoms with Crippen molar-refractivity contribution >= 4 is 17.3 Å². The maximum absolute atomic E-state index is 4.65. The van der Waals surface area contributed by atoms with Crippen LogP contribution in [0.4, 0.5) is 0 Å². The van der Waals surface area contributed by atoms with E-state index in [1.54, 1.807) is 11.3 Å². The third-order valence-corrected chi connectivity index (χ3v) is 3.42. The highest BCUT2D eigenvalue weighted by atomic mass is 32.1. The van der Waals surface area contributed by atoms with Gasteiger partial charge in [-0.25, -0.2) is 4.99 Å². The van der Waals surface area contributed by atoms with Gasteiger partial charge in [0, 0.05) is 25.0 Å². The first kappa shape index (κ1) is 14.8. The summed E-state index contributed by atoms with van der Waals surface area (Å²) in [5.74, 6) is 0.981. The van der Waals surface area contributed by atoms with Gasteiger partial charge in [-0.2, -0.15) is 0 Å². The molecule has 18 heavy (non-hydrogen) atoms. The predicted octanol–water partition coefficient (Wildman–Crippen LogP) is 3.11. The lowest BCUT2D eigenvalue weighted by molar-refractivity contribution is 0.470. The molecule has 0 amide bonds. The molecule has 0 saturated heterocycles. The Hall–Kier alpha value is -1.29. The smallest absolute Gasteiger partial charge is 0.194 e. The van der Waals surface area contributed by atoms with Crippen molar-refractivity contribution in [3.63, 3.8) is 0 Å². The van der Waals surface area contributed by atoms with Gasteiger partial charge < -0.3 is 10.2 Å². The lowest BCUT2D eigenvalue weighted by Crippen LogP contribution is -2.39. The van der Waals surface area contributed by atoms with Gasteiger partial charge in [0.2, 0.25) is 0 Å². The number of hydrogen-bond acceptors (Lipinski definition) is 2. The van der Waals surface area contributed by atoms with Crippen molar-refractivity contribution in [3.8, 4) is 0 Å². The Kier molecular flexibility index (Phi) is 7.18. The summed E-state index contributed by atoms with van der Waals surface area (Å²) in [6.45, 7) is 8.50. The summed E-state index contributed by atoms with van der Waals surface area (Å²) in [5, 5.41) is 5.42. The highest BCUT2D eigenvalue weighted by Gasteiger charge is 2.04. The Morgan fingerprint density at radius 3 is 3.06 bits per heavy atom. The maximum Gasteiger partial charge on any atom is 0.194 e. The minimum atomic E-state index is 0.756. The van der Waals surface area contributed by atoms with Crippen LogP contribution >= 0.6 is 11.3 Å². The first-order valence-electron chi connectivity index (χ1n) is 6.40. The number of allylic oxidation sites excluding steroid dienone is 1. The van der Waals surface area contributed by atoms with Gasteiger partial charge in [-0.15, -0.1) is 17.9 Å². The van der Waals surface area contributed by atoms with Gasteiger partial charge in [-0.3, -0.25) is 0 Å². The van der Waals surface area contributed by atoms with Crippen molar-refractivity contribution in [2.45, 2.75) is 26.3 Å². The van der Waals surface area contributed by atoms with Crippen LogP contribution in [-0.2, 0) is 6.54 Å². The molecule has 1 aromatic rings. The average molecular weight is 265 g/mol. The molecule has 0 fully saturated rings. The van der Waals surface area contributed by atoms with Crippen molar-refractivity contribution < 1.29 is 0 Å². The van der Waals surface area contributed by atoms with E-state index in [4.69, 9.17) is 0 Å². The maximum atomic E-state index is 4.65. The van der Waals surface area contributed by atoms with Crippen LogP contribution < -0.4 is 5.32 Å². The van der Waals surface area contributed by atoms with E-state index < -0.39 is 0 Å². The summed E-state index contributed by atoms with van der Waals surface area (Å²) in [6.07, 6.45) is 4.13. The van der Waals surface area contributed by atoms with Crippen LogP contribution in [0.5, 0.6) is 0 Å². The summed E-state index contributed by atoms with van der Waals surface area (Å²) in [6, 6.07) is 4.19. The highest BCUT2D eigenvalue weighted by Crippen LogP contribution is 2.09. The lowest BCUT2D eigenvalue weighted by Gasteiger charge is -2.21. The van der Waals surface area contributed by atoms with Crippen molar-refractivity contribution in [2.24, 2.45) is 4.99 Å². The molecular formula is C14H23N3S. The zero-order chi connectivity index (χ0) is 13.2. The average Bonchev–Trinajstić information content (AvgIpc) is 2.87. The molecule has 1 N–H and O–H groups in total. The molecule has 0 bridgehead atoms. The molecule has 3 nitrogen and oxygen atoms in total. The Morgan fingerprint density at radius 1 is 1.61 bits per heavy atom. The number of guanidine groups is 1. The predicted molar refractivity (Wildman–Crippen MR) is 81.2 cm³/mol. The van der Waals surface area contributed by atoms with Crippen LogP contribution in [0.1, 0.15) is 24.6 Å². The standard InChI is InChI=1S/C14H23N3S/c1-4-6-7-10-17(3)14(15-5-2)16-12-13-9-8-11-18-13/h4,8-9,11H,1,5-7,10,12H2,2-3H3,(H,15,16). The number of nitrogens with one attached hydrogen (secondary N) is 1. The van der Waals surface area contributed by atoms with Crippen molar-refractivity contribution in [1.29, 1.82) is 0 Å². The molecule has 0 unspecified atom stereocenters. The number of hydrogen-bond donors (Lipinski definition) is 1. The topological polar surface area (TPSA) is 27.6 Å². The molecule has 0 aliphatic heterocycles. The summed E-state index contributed by atoms with van der Waals surface area (Å²) < 4.78 is 0. The zero-order valence-corrected chi connectivity index (χ0v) is 12.2. The second kappa shape index (κ2) is 8.75. The molecular weight excluding hydrogens is 242 g/mol. The van der Waals surface area contributed by atoms with E-state index in [9.17, 15) is 0 Å². The van der Waals surface area contributed by atoms with Crippen LogP contribution in [0.15, 0.2) is 35.2 Å². The van der Waals surface area contributed by atoms with E-state index in [0.29, 0.717) is 0 Å². The number of aliphatic imine (C=N–C) groups is 1. The fraction of sp³-hybridized carbons (Fsp3) is 0.500. The van der Waals surface area contributed by atoms with Gasteiger partial charge in [0.05, 0.1) is 6.54 Å². The fourth-order valence-electron chi connectivity index (χ4n) is 1.60. The van der Waals surface area contributed by atoms with Crippen molar-refractivity contribution in [1.82, 2.24) is 10.2 Å². The van der Waals surface area contributed by atoms with Gasteiger partial charge >= 0.3 is 0 Å². The van der Waals surface area contributed by atoms with E-state index in [-0.39, 0.29) is 0 Å². The largest absolute Gasteiger partial charge is 0.357 e. The SMILES string of the molecule is C=CCCCN(C)C(=NCc1cccs1)NCC. The summed E-state index contributed by atoms with van der Waals surface area (Å²) in [7, 11) is 2.08. The second-order valence-corrected chi connectivity index (χ2v) is 5.13. The van der Waals surface area contributed by atoms with Gasteiger partial charge in [-0.1, -0.05) is 12.1 Å². The molecule has 4 heteroatoms. The van der Waals surface area contributed by atoms with Gasteiger partial charge in [0.15, 0.2) is 5.96 Å². The molecule has 1 heterocycles. The van der Waals surface area contributed by atoms with E-state index in [1.807, 2.05) is 6.08 Å². The van der Waals surface area contributed by atoms with E-state index >= 15 is 0 Å². The number of unbranched alkanes of at least 4 members (excludes halogenated alkanes) is 1. The molecule has 0 atom stereocenters. The second-order valence-electron chi connectivity index (χ2n) is 4.10. The Morgan fingerprint density at radius 2 is 2.44 bits per heavy atom.